The highest BCUT2D eigenvalue weighted by atomic mass is 15.1. The van der Waals surface area contributed by atoms with E-state index >= 15 is 0 Å². The van der Waals surface area contributed by atoms with Crippen LogP contribution in [-0.4, -0.2) is 4.57 Å². The zero-order chi connectivity index (χ0) is 38.1. The molecule has 270 valence electrons. The van der Waals surface area contributed by atoms with E-state index in [1.54, 1.807) is 0 Å². The van der Waals surface area contributed by atoms with Gasteiger partial charge in [-0.15, -0.1) is 0 Å². The predicted molar refractivity (Wildman–Crippen MR) is 241 cm³/mol. The van der Waals surface area contributed by atoms with Gasteiger partial charge in [0.1, 0.15) is 0 Å². The van der Waals surface area contributed by atoms with E-state index in [-0.39, 0.29) is 5.41 Å². The van der Waals surface area contributed by atoms with E-state index in [9.17, 15) is 0 Å². The molecule has 10 aromatic rings. The SMILES string of the molecule is CC1(C)c2ccccc2-c2ccc(N(c3ccc(-c4ccccc4)c4ccccc34)c3cccc4c3c3ccccc3n4-c3ccccc3-c3ccccc3)cc21. The molecule has 0 fully saturated rings. The molecule has 1 heterocycles. The van der Waals surface area contributed by atoms with E-state index in [1.807, 2.05) is 0 Å². The minimum atomic E-state index is -0.143. The molecule has 1 aromatic heterocycles. The van der Waals surface area contributed by atoms with Gasteiger partial charge in [-0.3, -0.25) is 0 Å². The number of anilines is 3. The van der Waals surface area contributed by atoms with Gasteiger partial charge in [-0.25, -0.2) is 0 Å². The molecule has 0 amide bonds. The summed E-state index contributed by atoms with van der Waals surface area (Å²) in [4.78, 5) is 2.53. The van der Waals surface area contributed by atoms with Crippen molar-refractivity contribution in [2.45, 2.75) is 19.3 Å². The van der Waals surface area contributed by atoms with Crippen molar-refractivity contribution in [3.8, 4) is 39.1 Å². The Morgan fingerprint density at radius 2 is 0.965 bits per heavy atom. The molecule has 1 aliphatic carbocycles. The lowest BCUT2D eigenvalue weighted by atomic mass is 9.82. The van der Waals surface area contributed by atoms with E-state index < -0.39 is 0 Å². The van der Waals surface area contributed by atoms with Gasteiger partial charge in [0.25, 0.3) is 0 Å². The minimum absolute atomic E-state index is 0.143. The van der Waals surface area contributed by atoms with Crippen molar-refractivity contribution in [3.63, 3.8) is 0 Å². The van der Waals surface area contributed by atoms with E-state index in [2.05, 4.69) is 230 Å². The average molecular weight is 729 g/mol. The highest BCUT2D eigenvalue weighted by molar-refractivity contribution is 6.18. The fraction of sp³-hybridized carbons (Fsp3) is 0.0545. The first-order chi connectivity index (χ1) is 28.1. The molecule has 0 aliphatic heterocycles. The fourth-order valence-corrected chi connectivity index (χ4v) is 9.56. The quantitative estimate of drug-likeness (QED) is 0.165. The Morgan fingerprint density at radius 1 is 0.386 bits per heavy atom. The van der Waals surface area contributed by atoms with Gasteiger partial charge in [-0.05, 0) is 86.8 Å². The van der Waals surface area contributed by atoms with Crippen LogP contribution in [0.4, 0.5) is 17.1 Å². The predicted octanol–water partition coefficient (Wildman–Crippen LogP) is 15.0. The summed E-state index contributed by atoms with van der Waals surface area (Å²) in [5.74, 6) is 0. The standard InChI is InChI=1S/C55H40N2/c1-55(2)47-27-14-11-24-43(47)44-33-32-39(36-48(44)55)56(51-35-34-40(37-18-5-3-6-19-37)42-23-9-10-25-45(42)51)52-30-17-31-53-54(52)46-26-13-16-29-50(46)57(53)49-28-15-12-22-41(49)38-20-7-4-8-21-38/h3-36H,1-2H3. The van der Waals surface area contributed by atoms with Gasteiger partial charge in [0.2, 0.25) is 0 Å². The third kappa shape index (κ3) is 5.11. The molecule has 0 saturated carbocycles. The van der Waals surface area contributed by atoms with E-state index in [1.165, 1.54) is 77.1 Å². The van der Waals surface area contributed by atoms with Crippen molar-refractivity contribution in [1.29, 1.82) is 0 Å². The summed E-state index contributed by atoms with van der Waals surface area (Å²) in [5, 5.41) is 4.87. The largest absolute Gasteiger partial charge is 0.309 e. The first-order valence-corrected chi connectivity index (χ1v) is 19.9. The van der Waals surface area contributed by atoms with Crippen LogP contribution in [0.25, 0.3) is 71.6 Å². The highest BCUT2D eigenvalue weighted by Gasteiger charge is 2.36. The molecule has 11 rings (SSSR count). The number of benzene rings is 9. The van der Waals surface area contributed by atoms with Gasteiger partial charge in [0.05, 0.1) is 28.1 Å². The number of rotatable bonds is 6. The number of hydrogen-bond donors (Lipinski definition) is 0. The third-order valence-electron chi connectivity index (χ3n) is 12.2. The van der Waals surface area contributed by atoms with Gasteiger partial charge in [0, 0.05) is 32.8 Å². The average Bonchev–Trinajstić information content (AvgIpc) is 3.73. The first-order valence-electron chi connectivity index (χ1n) is 19.9. The van der Waals surface area contributed by atoms with E-state index in [4.69, 9.17) is 0 Å². The minimum Gasteiger partial charge on any atom is -0.309 e. The highest BCUT2D eigenvalue weighted by Crippen LogP contribution is 2.52. The van der Waals surface area contributed by atoms with Gasteiger partial charge >= 0.3 is 0 Å². The van der Waals surface area contributed by atoms with E-state index in [0.717, 1.165) is 22.7 Å². The van der Waals surface area contributed by atoms with Crippen LogP contribution >= 0.6 is 0 Å². The number of hydrogen-bond acceptors (Lipinski definition) is 1. The second-order valence-corrected chi connectivity index (χ2v) is 15.7. The number of fused-ring (bicyclic) bond motifs is 7. The topological polar surface area (TPSA) is 8.17 Å². The smallest absolute Gasteiger partial charge is 0.0562 e. The van der Waals surface area contributed by atoms with Crippen molar-refractivity contribution in [2.24, 2.45) is 0 Å². The van der Waals surface area contributed by atoms with Crippen LogP contribution in [0, 0.1) is 0 Å². The summed E-state index contributed by atoms with van der Waals surface area (Å²) in [6.07, 6.45) is 0. The molecule has 0 N–H and O–H groups in total. The van der Waals surface area contributed by atoms with Crippen LogP contribution in [0.2, 0.25) is 0 Å². The Morgan fingerprint density at radius 3 is 1.75 bits per heavy atom. The lowest BCUT2D eigenvalue weighted by Crippen LogP contribution is -2.16. The van der Waals surface area contributed by atoms with Gasteiger partial charge in [-0.1, -0.05) is 178 Å². The second kappa shape index (κ2) is 13.0. The molecule has 0 atom stereocenters. The van der Waals surface area contributed by atoms with Crippen LogP contribution in [0.15, 0.2) is 206 Å². The summed E-state index contributed by atoms with van der Waals surface area (Å²) >= 11 is 0. The fourth-order valence-electron chi connectivity index (χ4n) is 9.56. The van der Waals surface area contributed by atoms with Crippen LogP contribution < -0.4 is 4.90 Å². The summed E-state index contributed by atoms with van der Waals surface area (Å²) < 4.78 is 2.47. The Hall–Kier alpha value is -7.16. The molecular weight excluding hydrogens is 689 g/mol. The van der Waals surface area contributed by atoms with Gasteiger partial charge in [0.15, 0.2) is 0 Å². The monoisotopic (exact) mass is 728 g/mol. The van der Waals surface area contributed by atoms with Gasteiger partial charge < -0.3 is 9.47 Å². The van der Waals surface area contributed by atoms with Crippen LogP contribution in [0.1, 0.15) is 25.0 Å². The first kappa shape index (κ1) is 33.2. The molecule has 0 bridgehead atoms. The summed E-state index contributed by atoms with van der Waals surface area (Å²) in [7, 11) is 0. The molecular formula is C55H40N2. The maximum Gasteiger partial charge on any atom is 0.0562 e. The van der Waals surface area contributed by atoms with Crippen molar-refractivity contribution in [2.75, 3.05) is 4.90 Å². The number of para-hydroxylation sites is 2. The molecule has 1 aliphatic rings. The Balaban J connectivity index is 1.22. The second-order valence-electron chi connectivity index (χ2n) is 15.7. The molecule has 9 aromatic carbocycles. The van der Waals surface area contributed by atoms with Crippen molar-refractivity contribution >= 4 is 49.6 Å². The Bertz CT molecular complexity index is 3150. The van der Waals surface area contributed by atoms with Gasteiger partial charge in [-0.2, -0.15) is 0 Å². The maximum atomic E-state index is 2.53. The van der Waals surface area contributed by atoms with E-state index in [0.29, 0.717) is 0 Å². The summed E-state index contributed by atoms with van der Waals surface area (Å²) in [6, 6.07) is 75.6. The molecule has 2 nitrogen and oxygen atoms in total. The van der Waals surface area contributed by atoms with Crippen molar-refractivity contribution in [3.05, 3.63) is 217 Å². The lowest BCUT2D eigenvalue weighted by Gasteiger charge is -2.30. The van der Waals surface area contributed by atoms with Crippen LogP contribution in [0.3, 0.4) is 0 Å². The van der Waals surface area contributed by atoms with Crippen LogP contribution in [-0.2, 0) is 5.41 Å². The zero-order valence-electron chi connectivity index (χ0n) is 32.0. The number of aromatic nitrogens is 1. The molecule has 0 radical (unpaired) electrons. The molecule has 0 spiro atoms. The maximum absolute atomic E-state index is 2.53. The summed E-state index contributed by atoms with van der Waals surface area (Å²) in [5.41, 5.74) is 17.0. The molecule has 0 unspecified atom stereocenters. The van der Waals surface area contributed by atoms with Crippen molar-refractivity contribution < 1.29 is 0 Å². The molecule has 0 saturated heterocycles. The zero-order valence-corrected chi connectivity index (χ0v) is 32.0. The molecule has 57 heavy (non-hydrogen) atoms. The lowest BCUT2D eigenvalue weighted by molar-refractivity contribution is 0.660. The van der Waals surface area contributed by atoms with Crippen LogP contribution in [0.5, 0.6) is 0 Å². The third-order valence-corrected chi connectivity index (χ3v) is 12.2. The molecule has 2 heteroatoms. The summed E-state index contributed by atoms with van der Waals surface area (Å²) in [6.45, 7) is 4.74. The van der Waals surface area contributed by atoms with Crippen molar-refractivity contribution in [1.82, 2.24) is 4.57 Å². The Labute approximate surface area is 333 Å². The Kier molecular flexibility index (Phi) is 7.55. The number of nitrogens with zero attached hydrogens (tertiary/aromatic N) is 2. The normalized spacial score (nSPS) is 12.9.